The Kier molecular flexibility index (Phi) is 7.41. The van der Waals surface area contributed by atoms with E-state index in [0.29, 0.717) is 31.6 Å². The van der Waals surface area contributed by atoms with Gasteiger partial charge < -0.3 is 14.5 Å². The molecule has 1 aromatic heterocycles. The van der Waals surface area contributed by atoms with E-state index in [2.05, 4.69) is 4.98 Å². The molecule has 188 valence electrons. The molecule has 14 heteroatoms. The summed E-state index contributed by atoms with van der Waals surface area (Å²) in [5, 5.41) is -0.425. The molecule has 1 aromatic carbocycles. The normalized spacial score (nSPS) is 16.7. The fourth-order valence-corrected chi connectivity index (χ4v) is 4.47. The summed E-state index contributed by atoms with van der Waals surface area (Å²) < 4.78 is 75.8. The third-order valence-corrected chi connectivity index (χ3v) is 6.19. The number of sulfonamides is 1. The van der Waals surface area contributed by atoms with Crippen LogP contribution in [-0.2, 0) is 25.7 Å². The Bertz CT molecular complexity index is 1300. The molecule has 3 rings (SSSR count). The number of amides is 1. The smallest absolute Gasteiger partial charge is 0.444 e. The van der Waals surface area contributed by atoms with Crippen molar-refractivity contribution in [2.45, 2.75) is 51.3 Å². The number of unbranched alkanes of at least 4 members (excludes halogenated alkanes) is 2. The number of alkyl halides is 3. The van der Waals surface area contributed by atoms with E-state index in [0.717, 1.165) is 12.5 Å². The van der Waals surface area contributed by atoms with Gasteiger partial charge in [0.05, 0.1) is 35.4 Å². The lowest BCUT2D eigenvalue weighted by Crippen LogP contribution is -2.56. The van der Waals surface area contributed by atoms with Crippen LogP contribution in [0.5, 0.6) is 0 Å². The van der Waals surface area contributed by atoms with E-state index < -0.39 is 56.1 Å². The first-order valence-electron chi connectivity index (χ1n) is 10.6. The average Bonchev–Trinajstić information content (AvgIpc) is 3.26. The van der Waals surface area contributed by atoms with E-state index in [1.807, 2.05) is 6.92 Å². The highest BCUT2D eigenvalue weighted by Gasteiger charge is 2.38. The Balaban J connectivity index is 2.20. The van der Waals surface area contributed by atoms with Crippen LogP contribution in [0.1, 0.15) is 56.3 Å². The van der Waals surface area contributed by atoms with Gasteiger partial charge in [0.2, 0.25) is 0 Å². The van der Waals surface area contributed by atoms with Crippen LogP contribution in [0.25, 0.3) is 10.9 Å². The first-order chi connectivity index (χ1) is 15.9. The molecule has 1 amide bonds. The molecule has 1 fully saturated rings. The maximum Gasteiger partial charge on any atom is 0.444 e. The highest BCUT2D eigenvalue weighted by Crippen LogP contribution is 2.40. The van der Waals surface area contributed by atoms with Crippen molar-refractivity contribution in [3.63, 3.8) is 0 Å². The van der Waals surface area contributed by atoms with Gasteiger partial charge in [0, 0.05) is 6.61 Å². The molecular weight excluding hydrogens is 483 g/mol. The molecule has 0 aliphatic carbocycles. The number of hydrogen-bond donors (Lipinski definition) is 1. The van der Waals surface area contributed by atoms with Crippen molar-refractivity contribution >= 4 is 27.0 Å². The monoisotopic (exact) mass is 507 g/mol. The molecule has 0 radical (unpaired) electrons. The summed E-state index contributed by atoms with van der Waals surface area (Å²) in [6, 6.07) is 1.52. The zero-order valence-electron chi connectivity index (χ0n) is 18.5. The van der Waals surface area contributed by atoms with Crippen LogP contribution < -0.4 is 15.7 Å². The van der Waals surface area contributed by atoms with Crippen molar-refractivity contribution in [3.05, 3.63) is 44.1 Å². The zero-order chi connectivity index (χ0) is 25.3. The van der Waals surface area contributed by atoms with E-state index in [9.17, 15) is 36.0 Å². The standard InChI is InChI=1S/C20H24F3N3O7S/c1-3-4-5-8-33-19(29)26(34(2,30)31)25-17(27)13-10-12(16-7-6-9-32-16)14(20(21,22)23)11-15(13)24-18(25)28/h10-11,16H,3-9H2,1-2H3,(H,24,28)/t16-/m1/s1. The molecule has 34 heavy (non-hydrogen) atoms. The van der Waals surface area contributed by atoms with Gasteiger partial charge >= 0.3 is 18.0 Å². The van der Waals surface area contributed by atoms with Crippen LogP contribution >= 0.6 is 0 Å². The summed E-state index contributed by atoms with van der Waals surface area (Å²) in [5.74, 6) is 0. The number of aromatic amines is 1. The Hall–Kier alpha value is -2.87. The number of ether oxygens (including phenoxy) is 2. The molecule has 1 aliphatic heterocycles. The minimum absolute atomic E-state index is 0.00632. The number of aromatic nitrogens is 2. The predicted molar refractivity (Wildman–Crippen MR) is 116 cm³/mol. The molecule has 0 unspecified atom stereocenters. The zero-order valence-corrected chi connectivity index (χ0v) is 19.3. The van der Waals surface area contributed by atoms with E-state index in [-0.39, 0.29) is 34.3 Å². The second-order valence-corrected chi connectivity index (χ2v) is 9.67. The van der Waals surface area contributed by atoms with Gasteiger partial charge in [-0.1, -0.05) is 24.2 Å². The number of benzene rings is 1. The van der Waals surface area contributed by atoms with E-state index in [1.165, 1.54) is 0 Å². The van der Waals surface area contributed by atoms with Crippen LogP contribution in [0.2, 0.25) is 0 Å². The van der Waals surface area contributed by atoms with E-state index >= 15 is 0 Å². The lowest BCUT2D eigenvalue weighted by Gasteiger charge is -2.22. The fraction of sp³-hybridized carbons (Fsp3) is 0.550. The number of H-pyrrole nitrogens is 1. The summed E-state index contributed by atoms with van der Waals surface area (Å²) >= 11 is 0. The SMILES string of the molecule is CCCCCOC(=O)N(n1c(=O)[nH]c2cc(C(F)(F)F)c([C@H]3CCCO3)cc2c1=O)S(C)(=O)=O. The Morgan fingerprint density at radius 2 is 2.00 bits per heavy atom. The molecule has 0 bridgehead atoms. The highest BCUT2D eigenvalue weighted by atomic mass is 32.2. The van der Waals surface area contributed by atoms with Crippen molar-refractivity contribution in [2.75, 3.05) is 23.9 Å². The first kappa shape index (κ1) is 25.7. The largest absolute Gasteiger partial charge is 0.447 e. The molecule has 1 saturated heterocycles. The van der Waals surface area contributed by atoms with Gasteiger partial charge in [0.1, 0.15) is 0 Å². The number of halogens is 3. The summed E-state index contributed by atoms with van der Waals surface area (Å²) in [7, 11) is -4.53. The molecule has 10 nitrogen and oxygen atoms in total. The molecule has 1 aliphatic rings. The van der Waals surface area contributed by atoms with Crippen molar-refractivity contribution in [1.29, 1.82) is 0 Å². The van der Waals surface area contributed by atoms with Crippen molar-refractivity contribution in [3.8, 4) is 0 Å². The minimum atomic E-state index is -4.80. The first-order valence-corrected chi connectivity index (χ1v) is 12.4. The quantitative estimate of drug-likeness (QED) is 0.571. The Morgan fingerprint density at radius 1 is 1.29 bits per heavy atom. The predicted octanol–water partition coefficient (Wildman–Crippen LogP) is 2.78. The second kappa shape index (κ2) is 9.78. The van der Waals surface area contributed by atoms with Crippen molar-refractivity contribution in [2.24, 2.45) is 0 Å². The molecular formula is C20H24F3N3O7S. The van der Waals surface area contributed by atoms with Gasteiger partial charge in [-0.3, -0.25) is 4.79 Å². The highest BCUT2D eigenvalue weighted by molar-refractivity contribution is 7.92. The van der Waals surface area contributed by atoms with Gasteiger partial charge in [-0.2, -0.15) is 13.2 Å². The van der Waals surface area contributed by atoms with E-state index in [1.54, 1.807) is 0 Å². The Labute approximate surface area is 192 Å². The lowest BCUT2D eigenvalue weighted by molar-refractivity contribution is -0.139. The molecule has 0 spiro atoms. The van der Waals surface area contributed by atoms with Crippen LogP contribution in [0, 0.1) is 0 Å². The number of nitrogens with one attached hydrogen (secondary N) is 1. The lowest BCUT2D eigenvalue weighted by atomic mass is 9.97. The topological polar surface area (TPSA) is 128 Å². The number of carbonyl (C=O) groups excluding carboxylic acids is 1. The number of fused-ring (bicyclic) bond motifs is 1. The third kappa shape index (κ3) is 5.27. The maximum absolute atomic E-state index is 13.7. The fourth-order valence-electron chi connectivity index (χ4n) is 3.70. The van der Waals surface area contributed by atoms with Crippen LogP contribution in [-0.4, -0.2) is 43.6 Å². The van der Waals surface area contributed by atoms with Crippen LogP contribution in [0.4, 0.5) is 18.0 Å². The van der Waals surface area contributed by atoms with Gasteiger partial charge in [0.25, 0.3) is 15.6 Å². The number of rotatable bonds is 7. The minimum Gasteiger partial charge on any atom is -0.447 e. The number of hydrogen-bond acceptors (Lipinski definition) is 7. The number of nitrogens with zero attached hydrogens (tertiary/aromatic N) is 2. The average molecular weight is 507 g/mol. The Morgan fingerprint density at radius 3 is 2.56 bits per heavy atom. The van der Waals surface area contributed by atoms with Crippen LogP contribution in [0.15, 0.2) is 21.7 Å². The molecule has 2 heterocycles. The molecule has 2 aromatic rings. The van der Waals surface area contributed by atoms with Gasteiger partial charge in [-0.15, -0.1) is 4.68 Å². The van der Waals surface area contributed by atoms with Gasteiger partial charge in [-0.25, -0.2) is 18.0 Å². The summed E-state index contributed by atoms with van der Waals surface area (Å²) in [6.45, 7) is 1.98. The van der Waals surface area contributed by atoms with Gasteiger partial charge in [-0.05, 0) is 37.0 Å². The number of carbonyl (C=O) groups is 1. The van der Waals surface area contributed by atoms with Crippen molar-refractivity contribution in [1.82, 2.24) is 9.66 Å². The molecule has 1 N–H and O–H groups in total. The summed E-state index contributed by atoms with van der Waals surface area (Å²) in [6.07, 6.45) is -3.93. The molecule has 0 saturated carbocycles. The maximum atomic E-state index is 13.7. The van der Waals surface area contributed by atoms with Crippen molar-refractivity contribution < 1.29 is 35.9 Å². The third-order valence-electron chi connectivity index (χ3n) is 5.25. The molecule has 1 atom stereocenters. The van der Waals surface area contributed by atoms with E-state index in [4.69, 9.17) is 9.47 Å². The summed E-state index contributed by atoms with van der Waals surface area (Å²) in [4.78, 5) is 40.3. The summed E-state index contributed by atoms with van der Waals surface area (Å²) in [5.41, 5.74) is -4.60. The second-order valence-electron chi connectivity index (χ2n) is 7.86. The van der Waals surface area contributed by atoms with Crippen LogP contribution in [0.3, 0.4) is 0 Å². The van der Waals surface area contributed by atoms with Gasteiger partial charge in [0.15, 0.2) is 0 Å².